The third-order valence-electron chi connectivity index (χ3n) is 3.40. The molecule has 0 aromatic heterocycles. The number of piperidine rings is 1. The third kappa shape index (κ3) is 4.30. The van der Waals surface area contributed by atoms with Gasteiger partial charge in [0.05, 0.1) is 0 Å². The topological polar surface area (TPSA) is 46.6 Å². The Morgan fingerprint density at radius 1 is 1.14 bits per heavy atom. The monoisotopic (exact) mass is 379 g/mol. The van der Waals surface area contributed by atoms with E-state index < -0.39 is 12.1 Å². The lowest BCUT2D eigenvalue weighted by atomic mass is 9.89. The van der Waals surface area contributed by atoms with E-state index in [-0.39, 0.29) is 24.8 Å². The predicted octanol–water partition coefficient (Wildman–Crippen LogP) is 3.36. The second kappa shape index (κ2) is 6.78. The molecule has 0 bridgehead atoms. The second-order valence-corrected chi connectivity index (χ2v) is 5.87. The van der Waals surface area contributed by atoms with Crippen LogP contribution in [0.4, 0.5) is 13.2 Å². The standard InChI is InChI=1S/C14H13BrF3NO3/c15-11-3-1-9(2-4-11)12(20)10-5-7-19(8-6-10)22-13(21)14(16,17)18/h1-4,10H,5-8H2. The van der Waals surface area contributed by atoms with E-state index in [1.54, 1.807) is 24.3 Å². The Morgan fingerprint density at radius 3 is 2.18 bits per heavy atom. The number of rotatable bonds is 3. The number of benzene rings is 1. The molecule has 22 heavy (non-hydrogen) atoms. The number of hydrogen-bond acceptors (Lipinski definition) is 4. The van der Waals surface area contributed by atoms with Crippen molar-refractivity contribution in [2.24, 2.45) is 5.92 Å². The molecule has 0 unspecified atom stereocenters. The van der Waals surface area contributed by atoms with E-state index in [2.05, 4.69) is 20.8 Å². The highest BCUT2D eigenvalue weighted by Crippen LogP contribution is 2.24. The van der Waals surface area contributed by atoms with Gasteiger partial charge in [-0.2, -0.15) is 13.2 Å². The summed E-state index contributed by atoms with van der Waals surface area (Å²) in [5, 5.41) is 0.960. The summed E-state index contributed by atoms with van der Waals surface area (Å²) < 4.78 is 37.2. The van der Waals surface area contributed by atoms with Gasteiger partial charge in [-0.05, 0) is 25.0 Å². The Labute approximate surface area is 133 Å². The number of carbonyl (C=O) groups is 2. The summed E-state index contributed by atoms with van der Waals surface area (Å²) in [5.74, 6) is -2.55. The van der Waals surface area contributed by atoms with Crippen LogP contribution >= 0.6 is 15.9 Å². The lowest BCUT2D eigenvalue weighted by Gasteiger charge is -2.29. The van der Waals surface area contributed by atoms with Crippen molar-refractivity contribution in [1.29, 1.82) is 0 Å². The molecule has 1 fully saturated rings. The van der Waals surface area contributed by atoms with Crippen molar-refractivity contribution in [3.05, 3.63) is 34.3 Å². The highest BCUT2D eigenvalue weighted by Gasteiger charge is 2.43. The molecule has 2 rings (SSSR count). The van der Waals surface area contributed by atoms with E-state index in [0.717, 1.165) is 9.54 Å². The van der Waals surface area contributed by atoms with Crippen LogP contribution in [0.5, 0.6) is 0 Å². The van der Waals surface area contributed by atoms with E-state index in [1.807, 2.05) is 0 Å². The lowest BCUT2D eigenvalue weighted by molar-refractivity contribution is -0.241. The van der Waals surface area contributed by atoms with Crippen molar-refractivity contribution >= 4 is 27.7 Å². The fraction of sp³-hybridized carbons (Fsp3) is 0.429. The van der Waals surface area contributed by atoms with Crippen LogP contribution < -0.4 is 0 Å². The summed E-state index contributed by atoms with van der Waals surface area (Å²) in [4.78, 5) is 27.3. The zero-order valence-corrected chi connectivity index (χ0v) is 13.0. The summed E-state index contributed by atoms with van der Waals surface area (Å²) in [6.45, 7) is 0.212. The van der Waals surface area contributed by atoms with E-state index in [1.165, 1.54) is 0 Å². The molecular weight excluding hydrogens is 367 g/mol. The number of ketones is 1. The van der Waals surface area contributed by atoms with Gasteiger partial charge in [0.25, 0.3) is 0 Å². The second-order valence-electron chi connectivity index (χ2n) is 4.95. The maximum Gasteiger partial charge on any atom is 0.492 e. The average molecular weight is 380 g/mol. The Kier molecular flexibility index (Phi) is 5.23. The van der Waals surface area contributed by atoms with Crippen molar-refractivity contribution in [2.75, 3.05) is 13.1 Å². The van der Waals surface area contributed by atoms with Crippen LogP contribution in [0.25, 0.3) is 0 Å². The van der Waals surface area contributed by atoms with Crippen LogP contribution in [-0.4, -0.2) is 36.1 Å². The molecule has 4 nitrogen and oxygen atoms in total. The van der Waals surface area contributed by atoms with Gasteiger partial charge in [-0.3, -0.25) is 4.79 Å². The van der Waals surface area contributed by atoms with Gasteiger partial charge in [0, 0.05) is 29.0 Å². The van der Waals surface area contributed by atoms with E-state index >= 15 is 0 Å². The van der Waals surface area contributed by atoms with Gasteiger partial charge < -0.3 is 4.84 Å². The normalized spacial score (nSPS) is 17.3. The first-order valence-corrected chi connectivity index (χ1v) is 7.40. The zero-order valence-electron chi connectivity index (χ0n) is 11.4. The Bertz CT molecular complexity index is 551. The summed E-state index contributed by atoms with van der Waals surface area (Å²) in [7, 11) is 0. The van der Waals surface area contributed by atoms with Crippen molar-refractivity contribution in [3.8, 4) is 0 Å². The Hall–Kier alpha value is -1.41. The van der Waals surface area contributed by atoms with Crippen molar-refractivity contribution in [2.45, 2.75) is 19.0 Å². The largest absolute Gasteiger partial charge is 0.492 e. The molecule has 1 aromatic rings. The molecule has 1 aromatic carbocycles. The molecule has 0 amide bonds. The van der Waals surface area contributed by atoms with Gasteiger partial charge in [0.1, 0.15) is 0 Å². The zero-order chi connectivity index (χ0) is 16.3. The smallest absolute Gasteiger partial charge is 0.361 e. The molecule has 0 N–H and O–H groups in total. The molecule has 8 heteroatoms. The maximum absolute atomic E-state index is 12.3. The molecule has 0 spiro atoms. The fourth-order valence-electron chi connectivity index (χ4n) is 2.23. The number of hydrogen-bond donors (Lipinski definition) is 0. The van der Waals surface area contributed by atoms with Crippen molar-refractivity contribution in [3.63, 3.8) is 0 Å². The van der Waals surface area contributed by atoms with Crippen LogP contribution in [0.3, 0.4) is 0 Å². The fourth-order valence-corrected chi connectivity index (χ4v) is 2.49. The molecule has 0 saturated carbocycles. The Morgan fingerprint density at radius 2 is 1.68 bits per heavy atom. The van der Waals surface area contributed by atoms with Gasteiger partial charge in [-0.1, -0.05) is 28.1 Å². The Balaban J connectivity index is 1.88. The average Bonchev–Trinajstić information content (AvgIpc) is 2.47. The minimum Gasteiger partial charge on any atom is -0.361 e. The van der Waals surface area contributed by atoms with Crippen LogP contribution in [0.15, 0.2) is 28.7 Å². The van der Waals surface area contributed by atoms with Gasteiger partial charge >= 0.3 is 12.1 Å². The quantitative estimate of drug-likeness (QED) is 0.755. The predicted molar refractivity (Wildman–Crippen MR) is 74.9 cm³/mol. The SMILES string of the molecule is O=C(c1ccc(Br)cc1)C1CCN(OC(=O)C(F)(F)F)CC1. The molecule has 1 aliphatic rings. The lowest BCUT2D eigenvalue weighted by Crippen LogP contribution is -2.41. The number of carbonyl (C=O) groups excluding carboxylic acids is 2. The summed E-state index contributed by atoms with van der Waals surface area (Å²) in [6, 6.07) is 6.91. The van der Waals surface area contributed by atoms with E-state index in [4.69, 9.17) is 0 Å². The molecule has 1 aliphatic heterocycles. The molecule has 0 radical (unpaired) electrons. The first-order chi connectivity index (χ1) is 10.3. The van der Waals surface area contributed by atoms with E-state index in [0.29, 0.717) is 18.4 Å². The number of nitrogens with zero attached hydrogens (tertiary/aromatic N) is 1. The third-order valence-corrected chi connectivity index (χ3v) is 3.93. The molecular formula is C14H13BrF3NO3. The van der Waals surface area contributed by atoms with Crippen molar-refractivity contribution < 1.29 is 27.6 Å². The minimum atomic E-state index is -5.01. The van der Waals surface area contributed by atoms with Crippen molar-refractivity contribution in [1.82, 2.24) is 5.06 Å². The number of alkyl halides is 3. The van der Waals surface area contributed by atoms with Crippen LogP contribution in [0.1, 0.15) is 23.2 Å². The van der Waals surface area contributed by atoms with Crippen LogP contribution in [-0.2, 0) is 9.63 Å². The summed E-state index contributed by atoms with van der Waals surface area (Å²) >= 11 is 3.28. The number of halogens is 4. The molecule has 0 aliphatic carbocycles. The molecule has 1 heterocycles. The summed E-state index contributed by atoms with van der Waals surface area (Å²) in [5.41, 5.74) is 0.564. The van der Waals surface area contributed by atoms with Gasteiger partial charge in [-0.15, -0.1) is 5.06 Å². The first kappa shape index (κ1) is 17.0. The van der Waals surface area contributed by atoms with Crippen LogP contribution in [0.2, 0.25) is 0 Å². The molecule has 0 atom stereocenters. The first-order valence-electron chi connectivity index (χ1n) is 6.61. The van der Waals surface area contributed by atoms with Gasteiger partial charge in [-0.25, -0.2) is 4.79 Å². The minimum absolute atomic E-state index is 0.0469. The van der Waals surface area contributed by atoms with Gasteiger partial charge in [0.15, 0.2) is 5.78 Å². The van der Waals surface area contributed by atoms with E-state index in [9.17, 15) is 22.8 Å². The molecule has 120 valence electrons. The maximum atomic E-state index is 12.3. The van der Waals surface area contributed by atoms with Crippen LogP contribution in [0, 0.1) is 5.92 Å². The molecule has 1 saturated heterocycles. The van der Waals surface area contributed by atoms with Gasteiger partial charge in [0.2, 0.25) is 0 Å². The summed E-state index contributed by atoms with van der Waals surface area (Å²) in [6.07, 6.45) is -4.32. The highest BCUT2D eigenvalue weighted by molar-refractivity contribution is 9.10. The highest BCUT2D eigenvalue weighted by atomic mass is 79.9. The number of hydroxylamine groups is 2. The number of Topliss-reactive ketones (excluding diaryl/α,β-unsaturated/α-hetero) is 1.